The molecule has 3 aromatic rings. The highest BCUT2D eigenvalue weighted by atomic mass is 16.4. The first-order valence-electron chi connectivity index (χ1n) is 6.79. The number of aromatic carboxylic acids is 1. The predicted octanol–water partition coefficient (Wildman–Crippen LogP) is 3.72. The zero-order valence-electron chi connectivity index (χ0n) is 12.2. The first kappa shape index (κ1) is 14.0. The van der Waals surface area contributed by atoms with E-state index in [9.17, 15) is 4.79 Å². The first-order valence-corrected chi connectivity index (χ1v) is 6.79. The molecule has 0 spiro atoms. The number of hydrogen-bond acceptors (Lipinski definition) is 4. The second kappa shape index (κ2) is 5.44. The van der Waals surface area contributed by atoms with Crippen LogP contribution in [0.25, 0.3) is 22.9 Å². The maximum atomic E-state index is 10.8. The summed E-state index contributed by atoms with van der Waals surface area (Å²) in [6, 6.07) is 12.3. The summed E-state index contributed by atoms with van der Waals surface area (Å²) in [6.45, 7) is 4.07. The van der Waals surface area contributed by atoms with Gasteiger partial charge < -0.3 is 9.52 Å². The van der Waals surface area contributed by atoms with Gasteiger partial charge in [-0.1, -0.05) is 6.07 Å². The van der Waals surface area contributed by atoms with Crippen molar-refractivity contribution in [2.24, 2.45) is 0 Å². The van der Waals surface area contributed by atoms with Crippen molar-refractivity contribution in [1.82, 2.24) is 10.2 Å². The van der Waals surface area contributed by atoms with Gasteiger partial charge in [0.1, 0.15) is 0 Å². The number of carboxylic acids is 1. The monoisotopic (exact) mass is 294 g/mol. The third-order valence-corrected chi connectivity index (χ3v) is 3.56. The minimum absolute atomic E-state index is 0.220. The molecule has 5 heteroatoms. The van der Waals surface area contributed by atoms with Crippen molar-refractivity contribution in [3.8, 4) is 22.9 Å². The van der Waals surface area contributed by atoms with Crippen molar-refractivity contribution < 1.29 is 14.3 Å². The molecule has 0 saturated heterocycles. The van der Waals surface area contributed by atoms with Crippen LogP contribution in [0.4, 0.5) is 0 Å². The summed E-state index contributed by atoms with van der Waals surface area (Å²) < 4.78 is 5.68. The van der Waals surface area contributed by atoms with E-state index in [4.69, 9.17) is 9.52 Å². The quantitative estimate of drug-likeness (QED) is 0.796. The molecular weight excluding hydrogens is 280 g/mol. The molecule has 0 aliphatic rings. The predicted molar refractivity (Wildman–Crippen MR) is 81.6 cm³/mol. The fourth-order valence-corrected chi connectivity index (χ4v) is 2.09. The van der Waals surface area contributed by atoms with Gasteiger partial charge in [-0.25, -0.2) is 4.79 Å². The fourth-order valence-electron chi connectivity index (χ4n) is 2.09. The van der Waals surface area contributed by atoms with Crippen LogP contribution in [0.1, 0.15) is 21.5 Å². The van der Waals surface area contributed by atoms with Crippen molar-refractivity contribution in [2.75, 3.05) is 0 Å². The Bertz CT molecular complexity index is 835. The Morgan fingerprint density at radius 3 is 2.09 bits per heavy atom. The molecule has 0 aliphatic carbocycles. The van der Waals surface area contributed by atoms with E-state index in [1.54, 1.807) is 12.1 Å². The molecule has 1 heterocycles. The fraction of sp³-hybridized carbons (Fsp3) is 0.118. The van der Waals surface area contributed by atoms with Gasteiger partial charge in [0.15, 0.2) is 0 Å². The van der Waals surface area contributed by atoms with E-state index < -0.39 is 5.97 Å². The van der Waals surface area contributed by atoms with Crippen LogP contribution >= 0.6 is 0 Å². The molecule has 110 valence electrons. The molecule has 3 rings (SSSR count). The molecule has 1 aromatic heterocycles. The molecule has 0 unspecified atom stereocenters. The molecule has 1 N–H and O–H groups in total. The lowest BCUT2D eigenvalue weighted by Gasteiger charge is -2.01. The third-order valence-electron chi connectivity index (χ3n) is 3.56. The van der Waals surface area contributed by atoms with Crippen LogP contribution in [0.15, 0.2) is 46.9 Å². The van der Waals surface area contributed by atoms with Crippen LogP contribution in [0.3, 0.4) is 0 Å². The molecule has 0 fully saturated rings. The Morgan fingerprint density at radius 2 is 1.50 bits per heavy atom. The molecular formula is C17H14N2O3. The molecule has 0 amide bonds. The maximum Gasteiger partial charge on any atom is 0.335 e. The van der Waals surface area contributed by atoms with E-state index in [1.807, 2.05) is 32.0 Å². The Labute approximate surface area is 127 Å². The summed E-state index contributed by atoms with van der Waals surface area (Å²) >= 11 is 0. The summed E-state index contributed by atoms with van der Waals surface area (Å²) in [5.74, 6) is -0.154. The number of aromatic nitrogens is 2. The van der Waals surface area contributed by atoms with Crippen molar-refractivity contribution in [1.29, 1.82) is 0 Å². The van der Waals surface area contributed by atoms with Crippen LogP contribution in [0, 0.1) is 13.8 Å². The van der Waals surface area contributed by atoms with Gasteiger partial charge in [-0.05, 0) is 61.4 Å². The van der Waals surface area contributed by atoms with Gasteiger partial charge in [0, 0.05) is 11.1 Å². The lowest BCUT2D eigenvalue weighted by Crippen LogP contribution is -1.94. The number of benzene rings is 2. The van der Waals surface area contributed by atoms with Crippen LogP contribution < -0.4 is 0 Å². The Balaban J connectivity index is 1.93. The number of aryl methyl sites for hydroxylation is 2. The lowest BCUT2D eigenvalue weighted by atomic mass is 10.1. The summed E-state index contributed by atoms with van der Waals surface area (Å²) in [5.41, 5.74) is 4.13. The zero-order chi connectivity index (χ0) is 15.7. The van der Waals surface area contributed by atoms with Crippen molar-refractivity contribution >= 4 is 5.97 Å². The molecule has 0 atom stereocenters. The summed E-state index contributed by atoms with van der Waals surface area (Å²) in [4.78, 5) is 10.8. The summed E-state index contributed by atoms with van der Waals surface area (Å²) in [6.07, 6.45) is 0. The average Bonchev–Trinajstić information content (AvgIpc) is 3.00. The normalized spacial score (nSPS) is 10.6. The molecule has 0 aliphatic heterocycles. The zero-order valence-corrected chi connectivity index (χ0v) is 12.2. The van der Waals surface area contributed by atoms with Crippen LogP contribution in [-0.4, -0.2) is 21.3 Å². The standard InChI is InChI=1S/C17H14N2O3/c1-10-3-4-14(9-11(10)2)16-19-18-15(22-16)12-5-7-13(8-6-12)17(20)21/h3-9H,1-2H3,(H,20,21). The van der Waals surface area contributed by atoms with Crippen LogP contribution in [0.5, 0.6) is 0 Å². The molecule has 22 heavy (non-hydrogen) atoms. The summed E-state index contributed by atoms with van der Waals surface area (Å²) in [5, 5.41) is 17.0. The minimum Gasteiger partial charge on any atom is -0.478 e. The Morgan fingerprint density at radius 1 is 0.909 bits per heavy atom. The highest BCUT2D eigenvalue weighted by Crippen LogP contribution is 2.25. The van der Waals surface area contributed by atoms with Gasteiger partial charge in [0.25, 0.3) is 0 Å². The van der Waals surface area contributed by atoms with Gasteiger partial charge >= 0.3 is 5.97 Å². The highest BCUT2D eigenvalue weighted by molar-refractivity contribution is 5.88. The van der Waals surface area contributed by atoms with Crippen LogP contribution in [0.2, 0.25) is 0 Å². The van der Waals surface area contributed by atoms with Gasteiger partial charge in [-0.3, -0.25) is 0 Å². The van der Waals surface area contributed by atoms with Crippen molar-refractivity contribution in [2.45, 2.75) is 13.8 Å². The SMILES string of the molecule is Cc1ccc(-c2nnc(-c3ccc(C(=O)O)cc3)o2)cc1C. The maximum absolute atomic E-state index is 10.8. The number of hydrogen-bond donors (Lipinski definition) is 1. The number of rotatable bonds is 3. The van der Waals surface area contributed by atoms with E-state index >= 15 is 0 Å². The molecule has 0 saturated carbocycles. The second-order valence-electron chi connectivity index (χ2n) is 5.09. The molecule has 2 aromatic carbocycles. The topological polar surface area (TPSA) is 76.2 Å². The minimum atomic E-state index is -0.965. The van der Waals surface area contributed by atoms with Crippen molar-refractivity contribution in [3.05, 3.63) is 59.2 Å². The van der Waals surface area contributed by atoms with Crippen LogP contribution in [-0.2, 0) is 0 Å². The largest absolute Gasteiger partial charge is 0.478 e. The second-order valence-corrected chi connectivity index (χ2v) is 5.09. The highest BCUT2D eigenvalue weighted by Gasteiger charge is 2.12. The molecule has 0 bridgehead atoms. The number of carbonyl (C=O) groups is 1. The van der Waals surface area contributed by atoms with E-state index in [0.29, 0.717) is 17.3 Å². The third kappa shape index (κ3) is 2.61. The van der Waals surface area contributed by atoms with Gasteiger partial charge in [-0.2, -0.15) is 0 Å². The van der Waals surface area contributed by atoms with E-state index in [1.165, 1.54) is 17.7 Å². The van der Waals surface area contributed by atoms with E-state index in [2.05, 4.69) is 10.2 Å². The summed E-state index contributed by atoms with van der Waals surface area (Å²) in [7, 11) is 0. The van der Waals surface area contributed by atoms with E-state index in [0.717, 1.165) is 11.1 Å². The van der Waals surface area contributed by atoms with Gasteiger partial charge in [0.05, 0.1) is 5.56 Å². The first-order chi connectivity index (χ1) is 10.5. The van der Waals surface area contributed by atoms with Crippen molar-refractivity contribution in [3.63, 3.8) is 0 Å². The van der Waals surface area contributed by atoms with Gasteiger partial charge in [0.2, 0.25) is 11.8 Å². The Kier molecular flexibility index (Phi) is 3.47. The Hall–Kier alpha value is -2.95. The average molecular weight is 294 g/mol. The number of carboxylic acid groups (broad SMARTS) is 1. The number of nitrogens with zero attached hydrogens (tertiary/aromatic N) is 2. The smallest absolute Gasteiger partial charge is 0.335 e. The lowest BCUT2D eigenvalue weighted by molar-refractivity contribution is 0.0697. The molecule has 5 nitrogen and oxygen atoms in total. The van der Waals surface area contributed by atoms with Gasteiger partial charge in [-0.15, -0.1) is 10.2 Å². The van der Waals surface area contributed by atoms with E-state index in [-0.39, 0.29) is 5.56 Å². The molecule has 0 radical (unpaired) electrons.